The predicted octanol–water partition coefficient (Wildman–Crippen LogP) is 3.62. The molecule has 0 saturated heterocycles. The fourth-order valence-electron chi connectivity index (χ4n) is 1.95. The summed E-state index contributed by atoms with van der Waals surface area (Å²) < 4.78 is 5.05. The molecule has 1 heterocycles. The molecule has 0 radical (unpaired) electrons. The summed E-state index contributed by atoms with van der Waals surface area (Å²) in [5.74, 6) is -0.692. The molecule has 1 aromatic heterocycles. The normalized spacial score (nSPS) is 11.2. The number of benzene rings is 1. The molecule has 0 fully saturated rings. The summed E-state index contributed by atoms with van der Waals surface area (Å²) in [6.07, 6.45) is 4.83. The van der Waals surface area contributed by atoms with Crippen molar-refractivity contribution in [2.45, 2.75) is 19.8 Å². The molecule has 0 aliphatic rings. The maximum Gasteiger partial charge on any atom is 0.291 e. The van der Waals surface area contributed by atoms with Crippen LogP contribution in [0.4, 0.5) is 0 Å². The first kappa shape index (κ1) is 17.8. The first-order valence-electron chi connectivity index (χ1n) is 7.70. The standard InChI is InChI=1S/C18H19ClN2O3/c1-2-3-10-20-17(22)15(12-13-6-8-14(19)9-7-13)21-18(23)16-5-4-11-24-16/h4-9,11-12H,2-3,10H2,1H3,(H,20,22)(H,21,23)/b15-12-. The van der Waals surface area contributed by atoms with E-state index in [4.69, 9.17) is 16.0 Å². The molecule has 2 aromatic rings. The van der Waals surface area contributed by atoms with Crippen molar-refractivity contribution >= 4 is 29.5 Å². The fraction of sp³-hybridized carbons (Fsp3) is 0.222. The van der Waals surface area contributed by atoms with Gasteiger partial charge in [0.05, 0.1) is 6.26 Å². The van der Waals surface area contributed by atoms with Crippen molar-refractivity contribution in [1.29, 1.82) is 0 Å². The van der Waals surface area contributed by atoms with Crippen LogP contribution in [0.2, 0.25) is 5.02 Å². The van der Waals surface area contributed by atoms with E-state index in [1.165, 1.54) is 12.3 Å². The lowest BCUT2D eigenvalue weighted by atomic mass is 10.2. The Balaban J connectivity index is 2.18. The van der Waals surface area contributed by atoms with Crippen LogP contribution in [0.3, 0.4) is 0 Å². The highest BCUT2D eigenvalue weighted by Gasteiger charge is 2.15. The van der Waals surface area contributed by atoms with Gasteiger partial charge in [-0.1, -0.05) is 37.1 Å². The zero-order valence-electron chi connectivity index (χ0n) is 13.3. The van der Waals surface area contributed by atoms with Crippen LogP contribution in [0.15, 0.2) is 52.8 Å². The van der Waals surface area contributed by atoms with Crippen LogP contribution in [0.1, 0.15) is 35.9 Å². The highest BCUT2D eigenvalue weighted by molar-refractivity contribution is 6.30. The number of unbranched alkanes of at least 4 members (excludes halogenated alkanes) is 1. The van der Waals surface area contributed by atoms with Gasteiger partial charge in [0, 0.05) is 11.6 Å². The van der Waals surface area contributed by atoms with Crippen molar-refractivity contribution in [3.8, 4) is 0 Å². The number of hydrogen-bond donors (Lipinski definition) is 2. The second kappa shape index (κ2) is 8.93. The number of furan rings is 1. The second-order valence-electron chi connectivity index (χ2n) is 5.15. The van der Waals surface area contributed by atoms with Crippen molar-refractivity contribution in [3.05, 3.63) is 64.7 Å². The van der Waals surface area contributed by atoms with E-state index in [0.717, 1.165) is 18.4 Å². The van der Waals surface area contributed by atoms with Gasteiger partial charge >= 0.3 is 0 Å². The van der Waals surface area contributed by atoms with E-state index < -0.39 is 5.91 Å². The minimum Gasteiger partial charge on any atom is -0.459 e. The third-order valence-corrected chi connectivity index (χ3v) is 3.49. The number of carbonyl (C=O) groups excluding carboxylic acids is 2. The molecular formula is C18H19ClN2O3. The lowest BCUT2D eigenvalue weighted by molar-refractivity contribution is -0.117. The number of carbonyl (C=O) groups is 2. The van der Waals surface area contributed by atoms with Crippen LogP contribution in [0, 0.1) is 0 Å². The van der Waals surface area contributed by atoms with Gasteiger partial charge in [0.15, 0.2) is 5.76 Å². The molecule has 1 aromatic carbocycles. The van der Waals surface area contributed by atoms with Crippen molar-refractivity contribution in [1.82, 2.24) is 10.6 Å². The fourth-order valence-corrected chi connectivity index (χ4v) is 2.08. The van der Waals surface area contributed by atoms with Gasteiger partial charge in [0.2, 0.25) is 0 Å². The summed E-state index contributed by atoms with van der Waals surface area (Å²) in [4.78, 5) is 24.5. The van der Waals surface area contributed by atoms with Crippen LogP contribution in [0.25, 0.3) is 6.08 Å². The lowest BCUT2D eigenvalue weighted by Gasteiger charge is -2.10. The molecule has 5 nitrogen and oxygen atoms in total. The molecule has 126 valence electrons. The molecule has 2 amide bonds. The van der Waals surface area contributed by atoms with E-state index in [0.29, 0.717) is 11.6 Å². The molecule has 6 heteroatoms. The van der Waals surface area contributed by atoms with Crippen molar-refractivity contribution in [2.75, 3.05) is 6.54 Å². The van der Waals surface area contributed by atoms with Gasteiger partial charge < -0.3 is 15.1 Å². The van der Waals surface area contributed by atoms with Gasteiger partial charge in [-0.05, 0) is 42.3 Å². The van der Waals surface area contributed by atoms with Crippen molar-refractivity contribution in [2.24, 2.45) is 0 Å². The van der Waals surface area contributed by atoms with E-state index >= 15 is 0 Å². The molecule has 0 aliphatic heterocycles. The molecule has 0 atom stereocenters. The van der Waals surface area contributed by atoms with Gasteiger partial charge in [-0.2, -0.15) is 0 Å². The quantitative estimate of drug-likeness (QED) is 0.594. The largest absolute Gasteiger partial charge is 0.459 e. The van der Waals surface area contributed by atoms with Gasteiger partial charge in [0.1, 0.15) is 5.70 Å². The van der Waals surface area contributed by atoms with Gasteiger partial charge in [-0.15, -0.1) is 0 Å². The first-order valence-corrected chi connectivity index (χ1v) is 8.08. The third kappa shape index (κ3) is 5.28. The molecule has 2 rings (SSSR count). The summed E-state index contributed by atoms with van der Waals surface area (Å²) >= 11 is 5.87. The van der Waals surface area contributed by atoms with Crippen molar-refractivity contribution in [3.63, 3.8) is 0 Å². The number of amides is 2. The Hall–Kier alpha value is -2.53. The Bertz CT molecular complexity index is 706. The Morgan fingerprint density at radius 2 is 1.96 bits per heavy atom. The zero-order chi connectivity index (χ0) is 17.4. The average molecular weight is 347 g/mol. The summed E-state index contributed by atoms with van der Waals surface area (Å²) in [6.45, 7) is 2.58. The molecule has 0 aliphatic carbocycles. The molecule has 0 saturated carbocycles. The van der Waals surface area contributed by atoms with E-state index in [2.05, 4.69) is 10.6 Å². The van der Waals surface area contributed by atoms with E-state index in [-0.39, 0.29) is 17.4 Å². The predicted molar refractivity (Wildman–Crippen MR) is 93.5 cm³/mol. The van der Waals surface area contributed by atoms with Crippen molar-refractivity contribution < 1.29 is 14.0 Å². The Labute approximate surface area is 145 Å². The van der Waals surface area contributed by atoms with Crippen LogP contribution >= 0.6 is 11.6 Å². The van der Waals surface area contributed by atoms with E-state index in [1.807, 2.05) is 6.92 Å². The first-order chi connectivity index (χ1) is 11.6. The summed E-state index contributed by atoms with van der Waals surface area (Å²) in [7, 11) is 0. The zero-order valence-corrected chi connectivity index (χ0v) is 14.1. The summed E-state index contributed by atoms with van der Waals surface area (Å²) in [5.41, 5.74) is 0.898. The number of rotatable bonds is 7. The highest BCUT2D eigenvalue weighted by Crippen LogP contribution is 2.12. The van der Waals surface area contributed by atoms with Crippen LogP contribution in [0.5, 0.6) is 0 Å². The third-order valence-electron chi connectivity index (χ3n) is 3.23. The molecule has 24 heavy (non-hydrogen) atoms. The maximum absolute atomic E-state index is 12.3. The van der Waals surface area contributed by atoms with Crippen LogP contribution in [-0.2, 0) is 4.79 Å². The van der Waals surface area contributed by atoms with Crippen LogP contribution in [-0.4, -0.2) is 18.4 Å². The second-order valence-corrected chi connectivity index (χ2v) is 5.59. The van der Waals surface area contributed by atoms with E-state index in [1.54, 1.807) is 36.4 Å². The van der Waals surface area contributed by atoms with E-state index in [9.17, 15) is 9.59 Å². The lowest BCUT2D eigenvalue weighted by Crippen LogP contribution is -2.35. The minimum absolute atomic E-state index is 0.137. The minimum atomic E-state index is -0.481. The van der Waals surface area contributed by atoms with Gasteiger partial charge in [-0.25, -0.2) is 0 Å². The number of hydrogen-bond acceptors (Lipinski definition) is 3. The maximum atomic E-state index is 12.3. The van der Waals surface area contributed by atoms with Crippen LogP contribution < -0.4 is 10.6 Å². The van der Waals surface area contributed by atoms with Gasteiger partial charge in [0.25, 0.3) is 11.8 Å². The number of halogens is 1. The summed E-state index contributed by atoms with van der Waals surface area (Å²) in [5, 5.41) is 5.98. The average Bonchev–Trinajstić information content (AvgIpc) is 3.11. The monoisotopic (exact) mass is 346 g/mol. The topological polar surface area (TPSA) is 71.3 Å². The molecule has 0 unspecified atom stereocenters. The Morgan fingerprint density at radius 1 is 1.21 bits per heavy atom. The Morgan fingerprint density at radius 3 is 2.58 bits per heavy atom. The molecular weight excluding hydrogens is 328 g/mol. The highest BCUT2D eigenvalue weighted by atomic mass is 35.5. The molecule has 2 N–H and O–H groups in total. The van der Waals surface area contributed by atoms with Gasteiger partial charge in [-0.3, -0.25) is 9.59 Å². The Kier molecular flexibility index (Phi) is 6.63. The smallest absolute Gasteiger partial charge is 0.291 e. The summed E-state index contributed by atoms with van der Waals surface area (Å²) in [6, 6.07) is 10.1. The molecule has 0 spiro atoms. The molecule has 0 bridgehead atoms. The number of nitrogens with one attached hydrogen (secondary N) is 2. The SMILES string of the molecule is CCCCNC(=O)/C(=C/c1ccc(Cl)cc1)NC(=O)c1ccco1.